The number of rotatable bonds is 0. The summed E-state index contributed by atoms with van der Waals surface area (Å²) in [4.78, 5) is 0. The molecule has 0 spiro atoms. The van der Waals surface area contributed by atoms with Gasteiger partial charge in [0.1, 0.15) is 3.23 Å². The maximum Gasteiger partial charge on any atom is 0.280 e. The molecule has 0 fully saturated rings. The van der Waals surface area contributed by atoms with E-state index in [9.17, 15) is 8.78 Å². The lowest BCUT2D eigenvalue weighted by molar-refractivity contribution is -0.0121. The van der Waals surface area contributed by atoms with Crippen LogP contribution in [0.25, 0.3) is 0 Å². The fourth-order valence-electron chi connectivity index (χ4n) is 1.05. The molecule has 0 aromatic heterocycles. The van der Waals surface area contributed by atoms with Crippen LogP contribution in [0.1, 0.15) is 6.42 Å². The Kier molecular flexibility index (Phi) is 3.36. The van der Waals surface area contributed by atoms with Crippen LogP contribution in [0, 0.1) is 0 Å². The van der Waals surface area contributed by atoms with Gasteiger partial charge in [-0.3, -0.25) is 0 Å². The first-order valence-electron chi connectivity index (χ1n) is 3.42. The molecule has 0 heterocycles. The molecule has 4 N–H and O–H groups in total. The summed E-state index contributed by atoms with van der Waals surface area (Å²) in [6, 6.07) is 0. The fraction of sp³-hybridized carbons (Fsp3) is 0.667. The molecule has 14 heavy (non-hydrogen) atoms. The molecule has 0 atom stereocenters. The van der Waals surface area contributed by atoms with Crippen molar-refractivity contribution in [3.05, 3.63) is 11.4 Å². The largest absolute Gasteiger partial charge is 0.399 e. The molecule has 1 rings (SSSR count). The topological polar surface area (TPSA) is 52.0 Å². The highest BCUT2D eigenvalue weighted by molar-refractivity contribution is 9.26. The van der Waals surface area contributed by atoms with E-state index in [-0.39, 0.29) is 11.4 Å². The van der Waals surface area contributed by atoms with Gasteiger partial charge in [-0.1, -0.05) is 63.7 Å². The van der Waals surface area contributed by atoms with Gasteiger partial charge in [0.05, 0.1) is 11.4 Å². The van der Waals surface area contributed by atoms with Crippen LogP contribution in [0.15, 0.2) is 11.4 Å². The standard InChI is InChI=1S/C6H6Br4F2N2/c7-4(8)1-5(11,12)6(9,10)3(14)2(4)13/h1,13-14H2. The summed E-state index contributed by atoms with van der Waals surface area (Å²) in [5.41, 5.74) is 11.1. The van der Waals surface area contributed by atoms with Gasteiger partial charge in [0.25, 0.3) is 5.92 Å². The van der Waals surface area contributed by atoms with Crippen LogP contribution in [-0.4, -0.2) is 12.4 Å². The Morgan fingerprint density at radius 3 is 1.86 bits per heavy atom. The maximum atomic E-state index is 13.6. The van der Waals surface area contributed by atoms with Crippen molar-refractivity contribution in [2.45, 2.75) is 18.8 Å². The summed E-state index contributed by atoms with van der Waals surface area (Å²) in [5, 5.41) is 0. The normalized spacial score (nSPS) is 29.0. The molecule has 0 aromatic rings. The van der Waals surface area contributed by atoms with E-state index in [1.165, 1.54) is 0 Å². The van der Waals surface area contributed by atoms with Crippen LogP contribution in [0.4, 0.5) is 8.78 Å². The van der Waals surface area contributed by atoms with E-state index in [1.54, 1.807) is 0 Å². The Bertz CT molecular complexity index is 300. The highest BCUT2D eigenvalue weighted by Gasteiger charge is 2.61. The summed E-state index contributed by atoms with van der Waals surface area (Å²) >= 11 is 11.8. The molecule has 1 aliphatic carbocycles. The first kappa shape index (κ1) is 13.2. The maximum absolute atomic E-state index is 13.6. The Balaban J connectivity index is 3.34. The lowest BCUT2D eigenvalue weighted by atomic mass is 9.97. The molecule has 0 aromatic carbocycles. The third-order valence-corrected chi connectivity index (χ3v) is 5.36. The minimum Gasteiger partial charge on any atom is -0.399 e. The number of hydrogen-bond acceptors (Lipinski definition) is 2. The van der Waals surface area contributed by atoms with Crippen molar-refractivity contribution < 1.29 is 8.78 Å². The Labute approximate surface area is 113 Å². The molecule has 1 aliphatic rings. The minimum atomic E-state index is -3.06. The van der Waals surface area contributed by atoms with Gasteiger partial charge in [0.2, 0.25) is 0 Å². The van der Waals surface area contributed by atoms with Crippen LogP contribution in [0.2, 0.25) is 0 Å². The van der Waals surface area contributed by atoms with E-state index in [0.717, 1.165) is 0 Å². The summed E-state index contributed by atoms with van der Waals surface area (Å²) in [5.74, 6) is -3.06. The highest BCUT2D eigenvalue weighted by atomic mass is 79.9. The Hall–Kier alpha value is 1.12. The van der Waals surface area contributed by atoms with Crippen molar-refractivity contribution in [3.63, 3.8) is 0 Å². The quantitative estimate of drug-likeness (QED) is 0.543. The predicted octanol–water partition coefficient (Wildman–Crippen LogP) is 3.13. The molecule has 0 unspecified atom stereocenters. The number of hydrogen-bond donors (Lipinski definition) is 2. The molecule has 0 amide bonds. The molecule has 0 saturated heterocycles. The summed E-state index contributed by atoms with van der Waals surface area (Å²) < 4.78 is 24.2. The lowest BCUT2D eigenvalue weighted by Crippen LogP contribution is -2.52. The minimum absolute atomic E-state index is 0.136. The predicted molar refractivity (Wildman–Crippen MR) is 66.1 cm³/mol. The van der Waals surface area contributed by atoms with E-state index < -0.39 is 18.8 Å². The van der Waals surface area contributed by atoms with Gasteiger partial charge in [0.15, 0.2) is 3.23 Å². The third kappa shape index (κ3) is 1.87. The van der Waals surface area contributed by atoms with Crippen molar-refractivity contribution >= 4 is 63.7 Å². The fourth-order valence-corrected chi connectivity index (χ4v) is 2.89. The molecule has 2 nitrogen and oxygen atoms in total. The molecule has 0 bridgehead atoms. The van der Waals surface area contributed by atoms with Crippen molar-refractivity contribution in [2.24, 2.45) is 11.5 Å². The van der Waals surface area contributed by atoms with Gasteiger partial charge in [-0.2, -0.15) is 0 Å². The Morgan fingerprint density at radius 2 is 1.43 bits per heavy atom. The van der Waals surface area contributed by atoms with E-state index in [0.29, 0.717) is 0 Å². The number of allylic oxidation sites excluding steroid dienone is 2. The van der Waals surface area contributed by atoms with Gasteiger partial charge >= 0.3 is 0 Å². The van der Waals surface area contributed by atoms with Crippen molar-refractivity contribution in [1.29, 1.82) is 0 Å². The van der Waals surface area contributed by atoms with Gasteiger partial charge in [-0.15, -0.1) is 0 Å². The number of nitrogens with two attached hydrogens (primary N) is 2. The second-order valence-corrected chi connectivity index (χ2v) is 10.2. The monoisotopic (exact) mass is 460 g/mol. The van der Waals surface area contributed by atoms with Crippen LogP contribution < -0.4 is 11.5 Å². The zero-order valence-electron chi connectivity index (χ0n) is 6.63. The number of halogens is 6. The van der Waals surface area contributed by atoms with Crippen molar-refractivity contribution in [2.75, 3.05) is 0 Å². The second kappa shape index (κ2) is 3.56. The van der Waals surface area contributed by atoms with Crippen LogP contribution in [-0.2, 0) is 0 Å². The van der Waals surface area contributed by atoms with Crippen LogP contribution in [0.3, 0.4) is 0 Å². The van der Waals surface area contributed by atoms with E-state index in [4.69, 9.17) is 11.5 Å². The van der Waals surface area contributed by atoms with Crippen LogP contribution >= 0.6 is 63.7 Å². The zero-order chi connectivity index (χ0) is 11.4. The lowest BCUT2D eigenvalue weighted by Gasteiger charge is -2.41. The molecule has 0 saturated carbocycles. The second-order valence-electron chi connectivity index (χ2n) is 2.99. The first-order chi connectivity index (χ1) is 6.02. The molecule has 0 radical (unpaired) electrons. The summed E-state index contributed by atoms with van der Waals surface area (Å²) in [7, 11) is 0. The number of alkyl halides is 6. The molecule has 8 heteroatoms. The molecular weight excluding hydrogens is 458 g/mol. The van der Waals surface area contributed by atoms with Crippen molar-refractivity contribution in [1.82, 2.24) is 0 Å². The summed E-state index contributed by atoms with van der Waals surface area (Å²) in [6.45, 7) is 0. The van der Waals surface area contributed by atoms with Gasteiger partial charge in [0, 0.05) is 6.42 Å². The van der Waals surface area contributed by atoms with Gasteiger partial charge < -0.3 is 11.5 Å². The zero-order valence-corrected chi connectivity index (χ0v) is 13.0. The smallest absolute Gasteiger partial charge is 0.280 e. The van der Waals surface area contributed by atoms with Crippen molar-refractivity contribution in [3.8, 4) is 0 Å². The van der Waals surface area contributed by atoms with E-state index in [2.05, 4.69) is 63.7 Å². The highest BCUT2D eigenvalue weighted by Crippen LogP contribution is 2.58. The van der Waals surface area contributed by atoms with Crippen LogP contribution in [0.5, 0.6) is 0 Å². The first-order valence-corrected chi connectivity index (χ1v) is 6.59. The average Bonchev–Trinajstić information content (AvgIpc) is 1.97. The van der Waals surface area contributed by atoms with Gasteiger partial charge in [-0.05, 0) is 0 Å². The molecular formula is C6H6Br4F2N2. The molecule has 0 aliphatic heterocycles. The average molecular weight is 464 g/mol. The third-order valence-electron chi connectivity index (χ3n) is 1.93. The van der Waals surface area contributed by atoms with E-state index >= 15 is 0 Å². The Morgan fingerprint density at radius 1 is 1.00 bits per heavy atom. The SMILES string of the molecule is NC1=C(N)C(Br)(Br)C(F)(F)CC1(Br)Br. The van der Waals surface area contributed by atoms with Gasteiger partial charge in [-0.25, -0.2) is 8.78 Å². The summed E-state index contributed by atoms with van der Waals surface area (Å²) in [6.07, 6.45) is -0.511. The van der Waals surface area contributed by atoms with E-state index in [1.807, 2.05) is 0 Å². The molecule has 82 valence electrons.